The van der Waals surface area contributed by atoms with Gasteiger partial charge >= 0.3 is 6.01 Å². The SMILES string of the molecule is N=C(N)c1ccnc(OCC2CCCCC2)n1. The Kier molecular flexibility index (Phi) is 3.90. The van der Waals surface area contributed by atoms with Gasteiger partial charge in [-0.05, 0) is 24.8 Å². The summed E-state index contributed by atoms with van der Waals surface area (Å²) in [5.41, 5.74) is 5.77. The van der Waals surface area contributed by atoms with Crippen LogP contribution < -0.4 is 10.5 Å². The third-order valence-electron chi connectivity index (χ3n) is 3.08. The molecule has 0 aliphatic heterocycles. The van der Waals surface area contributed by atoms with Gasteiger partial charge in [-0.15, -0.1) is 0 Å². The first-order valence-corrected chi connectivity index (χ1v) is 6.06. The van der Waals surface area contributed by atoms with Crippen molar-refractivity contribution in [2.24, 2.45) is 11.7 Å². The third-order valence-corrected chi connectivity index (χ3v) is 3.08. The number of hydrogen-bond donors (Lipinski definition) is 2. The van der Waals surface area contributed by atoms with Crippen LogP contribution in [0.15, 0.2) is 12.3 Å². The van der Waals surface area contributed by atoms with Crippen LogP contribution in [0.25, 0.3) is 0 Å². The van der Waals surface area contributed by atoms with Crippen molar-refractivity contribution in [3.63, 3.8) is 0 Å². The summed E-state index contributed by atoms with van der Waals surface area (Å²) in [7, 11) is 0. The van der Waals surface area contributed by atoms with Crippen LogP contribution in [-0.4, -0.2) is 22.4 Å². The van der Waals surface area contributed by atoms with Crippen LogP contribution in [0.5, 0.6) is 6.01 Å². The minimum Gasteiger partial charge on any atom is -0.463 e. The van der Waals surface area contributed by atoms with E-state index in [1.807, 2.05) is 0 Å². The van der Waals surface area contributed by atoms with E-state index in [1.165, 1.54) is 32.1 Å². The highest BCUT2D eigenvalue weighted by Crippen LogP contribution is 2.23. The van der Waals surface area contributed by atoms with Gasteiger partial charge in [-0.25, -0.2) is 4.98 Å². The standard InChI is InChI=1S/C12H18N4O/c13-11(14)10-6-7-15-12(16-10)17-8-9-4-2-1-3-5-9/h6-7,9H,1-5,8H2,(H3,13,14). The van der Waals surface area contributed by atoms with Gasteiger partial charge in [0.15, 0.2) is 0 Å². The molecule has 0 aromatic carbocycles. The highest BCUT2D eigenvalue weighted by atomic mass is 16.5. The summed E-state index contributed by atoms with van der Waals surface area (Å²) in [6, 6.07) is 1.93. The first kappa shape index (κ1) is 11.8. The van der Waals surface area contributed by atoms with E-state index in [2.05, 4.69) is 9.97 Å². The third kappa shape index (κ3) is 3.41. The first-order chi connectivity index (χ1) is 8.25. The molecule has 0 atom stereocenters. The molecule has 0 spiro atoms. The lowest BCUT2D eigenvalue weighted by Gasteiger charge is -2.20. The molecule has 1 heterocycles. The maximum absolute atomic E-state index is 7.29. The van der Waals surface area contributed by atoms with Crippen molar-refractivity contribution >= 4 is 5.84 Å². The topological polar surface area (TPSA) is 84.9 Å². The number of hydrogen-bond acceptors (Lipinski definition) is 4. The van der Waals surface area contributed by atoms with Gasteiger partial charge in [-0.1, -0.05) is 19.3 Å². The van der Waals surface area contributed by atoms with Crippen molar-refractivity contribution in [2.45, 2.75) is 32.1 Å². The van der Waals surface area contributed by atoms with Crippen LogP contribution in [-0.2, 0) is 0 Å². The second-order valence-corrected chi connectivity index (χ2v) is 4.45. The summed E-state index contributed by atoms with van der Waals surface area (Å²) in [6.45, 7) is 0.668. The summed E-state index contributed by atoms with van der Waals surface area (Å²) >= 11 is 0. The Morgan fingerprint density at radius 2 is 2.18 bits per heavy atom. The number of nitrogens with one attached hydrogen (secondary N) is 1. The lowest BCUT2D eigenvalue weighted by atomic mass is 9.90. The Bertz CT molecular complexity index is 388. The van der Waals surface area contributed by atoms with E-state index in [-0.39, 0.29) is 5.84 Å². The summed E-state index contributed by atoms with van der Waals surface area (Å²) in [5.74, 6) is 0.559. The number of aromatic nitrogens is 2. The molecule has 0 saturated heterocycles. The van der Waals surface area contributed by atoms with Crippen molar-refractivity contribution in [2.75, 3.05) is 6.61 Å². The van der Waals surface area contributed by atoms with E-state index < -0.39 is 0 Å². The number of nitrogen functional groups attached to an aromatic ring is 1. The summed E-state index contributed by atoms with van der Waals surface area (Å²) in [6.07, 6.45) is 7.95. The van der Waals surface area contributed by atoms with Crippen LogP contribution in [0.3, 0.4) is 0 Å². The normalized spacial score (nSPS) is 16.7. The molecule has 1 aliphatic rings. The van der Waals surface area contributed by atoms with E-state index >= 15 is 0 Å². The zero-order valence-corrected chi connectivity index (χ0v) is 9.85. The molecule has 0 amide bonds. The van der Waals surface area contributed by atoms with Gasteiger partial charge in [0.1, 0.15) is 11.5 Å². The van der Waals surface area contributed by atoms with Gasteiger partial charge in [0.2, 0.25) is 0 Å². The van der Waals surface area contributed by atoms with E-state index in [4.69, 9.17) is 15.9 Å². The van der Waals surface area contributed by atoms with Gasteiger partial charge in [-0.2, -0.15) is 4.98 Å². The Morgan fingerprint density at radius 3 is 2.88 bits per heavy atom. The molecule has 0 unspecified atom stereocenters. The van der Waals surface area contributed by atoms with Gasteiger partial charge < -0.3 is 10.5 Å². The lowest BCUT2D eigenvalue weighted by molar-refractivity contribution is 0.196. The van der Waals surface area contributed by atoms with Gasteiger partial charge in [-0.3, -0.25) is 5.41 Å². The second-order valence-electron chi connectivity index (χ2n) is 4.45. The number of amidine groups is 1. The molecule has 1 aromatic heterocycles. The summed E-state index contributed by atoms with van der Waals surface area (Å²) in [4.78, 5) is 8.09. The van der Waals surface area contributed by atoms with Crippen molar-refractivity contribution in [3.05, 3.63) is 18.0 Å². The zero-order chi connectivity index (χ0) is 12.1. The van der Waals surface area contributed by atoms with Crippen molar-refractivity contribution < 1.29 is 4.74 Å². The molecule has 3 N–H and O–H groups in total. The van der Waals surface area contributed by atoms with Crippen LogP contribution >= 0.6 is 0 Å². The molecule has 1 fully saturated rings. The minimum absolute atomic E-state index is 0.0603. The Labute approximate surface area is 101 Å². The monoisotopic (exact) mass is 234 g/mol. The highest BCUT2D eigenvalue weighted by Gasteiger charge is 2.14. The quantitative estimate of drug-likeness (QED) is 0.613. The molecule has 1 aromatic rings. The van der Waals surface area contributed by atoms with Crippen LogP contribution in [0.4, 0.5) is 0 Å². The predicted octanol–water partition coefficient (Wildman–Crippen LogP) is 1.72. The molecule has 1 aliphatic carbocycles. The molecule has 0 radical (unpaired) electrons. The predicted molar refractivity (Wildman–Crippen MR) is 65.1 cm³/mol. The van der Waals surface area contributed by atoms with Crippen molar-refractivity contribution in [1.29, 1.82) is 5.41 Å². The fourth-order valence-corrected chi connectivity index (χ4v) is 2.11. The Morgan fingerprint density at radius 1 is 1.41 bits per heavy atom. The van der Waals surface area contributed by atoms with E-state index in [9.17, 15) is 0 Å². The summed E-state index contributed by atoms with van der Waals surface area (Å²) in [5, 5.41) is 7.29. The number of rotatable bonds is 4. The van der Waals surface area contributed by atoms with Crippen LogP contribution in [0.1, 0.15) is 37.8 Å². The molecular formula is C12H18N4O. The molecule has 5 nitrogen and oxygen atoms in total. The van der Waals surface area contributed by atoms with E-state index in [0.717, 1.165) is 0 Å². The van der Waals surface area contributed by atoms with Crippen molar-refractivity contribution in [1.82, 2.24) is 9.97 Å². The molecule has 0 bridgehead atoms. The van der Waals surface area contributed by atoms with E-state index in [1.54, 1.807) is 12.3 Å². The fraction of sp³-hybridized carbons (Fsp3) is 0.583. The molecule has 17 heavy (non-hydrogen) atoms. The van der Waals surface area contributed by atoms with Gasteiger partial charge in [0, 0.05) is 6.20 Å². The number of nitrogens with zero attached hydrogens (tertiary/aromatic N) is 2. The molecule has 5 heteroatoms. The minimum atomic E-state index is -0.0603. The Balaban J connectivity index is 1.89. The van der Waals surface area contributed by atoms with Gasteiger partial charge in [0.05, 0.1) is 6.61 Å². The maximum Gasteiger partial charge on any atom is 0.317 e. The number of ether oxygens (including phenoxy) is 1. The van der Waals surface area contributed by atoms with Crippen molar-refractivity contribution in [3.8, 4) is 6.01 Å². The Hall–Kier alpha value is -1.65. The zero-order valence-electron chi connectivity index (χ0n) is 9.85. The molecular weight excluding hydrogens is 216 g/mol. The maximum atomic E-state index is 7.29. The average molecular weight is 234 g/mol. The highest BCUT2D eigenvalue weighted by molar-refractivity contribution is 5.92. The first-order valence-electron chi connectivity index (χ1n) is 6.06. The fourth-order valence-electron chi connectivity index (χ4n) is 2.11. The smallest absolute Gasteiger partial charge is 0.317 e. The van der Waals surface area contributed by atoms with Gasteiger partial charge in [0.25, 0.3) is 0 Å². The summed E-state index contributed by atoms with van der Waals surface area (Å²) < 4.78 is 5.56. The largest absolute Gasteiger partial charge is 0.463 e. The molecule has 92 valence electrons. The number of nitrogens with two attached hydrogens (primary N) is 1. The van der Waals surface area contributed by atoms with E-state index in [0.29, 0.717) is 24.2 Å². The second kappa shape index (κ2) is 5.61. The lowest BCUT2D eigenvalue weighted by Crippen LogP contribution is -2.18. The van der Waals surface area contributed by atoms with Crippen LogP contribution in [0, 0.1) is 11.3 Å². The molecule has 1 saturated carbocycles. The molecule has 2 rings (SSSR count). The van der Waals surface area contributed by atoms with Crippen LogP contribution in [0.2, 0.25) is 0 Å². The average Bonchev–Trinajstić information content (AvgIpc) is 2.38.